The summed E-state index contributed by atoms with van der Waals surface area (Å²) >= 11 is 1.92. The first-order valence-corrected chi connectivity index (χ1v) is 6.28. The predicted octanol–water partition coefficient (Wildman–Crippen LogP) is -0.514. The van der Waals surface area contributed by atoms with Gasteiger partial charge >= 0.3 is 0 Å². The van der Waals surface area contributed by atoms with Gasteiger partial charge in [-0.05, 0) is 6.92 Å². The SMILES string of the molecule is CCNC(=O)CN=C(N)N1CCSCC1. The van der Waals surface area contributed by atoms with Crippen LogP contribution in [-0.4, -0.2) is 54.5 Å². The summed E-state index contributed by atoms with van der Waals surface area (Å²) < 4.78 is 0. The van der Waals surface area contributed by atoms with Crippen molar-refractivity contribution in [2.75, 3.05) is 37.7 Å². The summed E-state index contributed by atoms with van der Waals surface area (Å²) in [7, 11) is 0. The van der Waals surface area contributed by atoms with Gasteiger partial charge in [-0.25, -0.2) is 4.99 Å². The molecule has 15 heavy (non-hydrogen) atoms. The molecule has 0 aromatic rings. The second-order valence-electron chi connectivity index (χ2n) is 3.23. The first-order chi connectivity index (χ1) is 7.24. The normalized spacial score (nSPS) is 17.7. The van der Waals surface area contributed by atoms with Crippen molar-refractivity contribution in [3.63, 3.8) is 0 Å². The average Bonchev–Trinajstić information content (AvgIpc) is 2.27. The van der Waals surface area contributed by atoms with Gasteiger partial charge in [-0.1, -0.05) is 0 Å². The highest BCUT2D eigenvalue weighted by Crippen LogP contribution is 2.08. The van der Waals surface area contributed by atoms with E-state index in [0.29, 0.717) is 12.5 Å². The Morgan fingerprint density at radius 2 is 2.20 bits per heavy atom. The van der Waals surface area contributed by atoms with Crippen molar-refractivity contribution in [2.45, 2.75) is 6.92 Å². The molecular weight excluding hydrogens is 212 g/mol. The maximum absolute atomic E-state index is 11.1. The Morgan fingerprint density at radius 1 is 1.53 bits per heavy atom. The number of rotatable bonds is 3. The minimum Gasteiger partial charge on any atom is -0.370 e. The van der Waals surface area contributed by atoms with E-state index < -0.39 is 0 Å². The lowest BCUT2D eigenvalue weighted by molar-refractivity contribution is -0.119. The molecule has 0 unspecified atom stereocenters. The number of nitrogens with two attached hydrogens (primary N) is 1. The van der Waals surface area contributed by atoms with E-state index >= 15 is 0 Å². The Balaban J connectivity index is 2.33. The predicted molar refractivity (Wildman–Crippen MR) is 64.1 cm³/mol. The highest BCUT2D eigenvalue weighted by atomic mass is 32.2. The summed E-state index contributed by atoms with van der Waals surface area (Å²) in [6.07, 6.45) is 0. The molecule has 1 rings (SSSR count). The molecule has 1 heterocycles. The number of thioether (sulfide) groups is 1. The summed E-state index contributed by atoms with van der Waals surface area (Å²) in [4.78, 5) is 17.2. The molecule has 86 valence electrons. The van der Waals surface area contributed by atoms with E-state index in [2.05, 4.69) is 10.3 Å². The van der Waals surface area contributed by atoms with Crippen LogP contribution in [0.5, 0.6) is 0 Å². The van der Waals surface area contributed by atoms with Crippen molar-refractivity contribution in [2.24, 2.45) is 10.7 Å². The van der Waals surface area contributed by atoms with Crippen molar-refractivity contribution in [1.82, 2.24) is 10.2 Å². The van der Waals surface area contributed by atoms with Gasteiger partial charge in [0.2, 0.25) is 5.91 Å². The van der Waals surface area contributed by atoms with Crippen LogP contribution in [-0.2, 0) is 4.79 Å². The first kappa shape index (κ1) is 12.2. The Labute approximate surface area is 94.5 Å². The van der Waals surface area contributed by atoms with E-state index in [4.69, 9.17) is 5.73 Å². The van der Waals surface area contributed by atoms with E-state index in [0.717, 1.165) is 24.6 Å². The second kappa shape index (κ2) is 6.55. The Bertz CT molecular complexity index is 238. The standard InChI is InChI=1S/C9H18N4OS/c1-2-11-8(14)7-12-9(10)13-3-5-15-6-4-13/h2-7H2,1H3,(H2,10,12)(H,11,14). The molecule has 6 heteroatoms. The van der Waals surface area contributed by atoms with Crippen molar-refractivity contribution >= 4 is 23.6 Å². The number of likely N-dealkylation sites (N-methyl/N-ethyl adjacent to an activating group) is 1. The zero-order valence-corrected chi connectivity index (χ0v) is 9.85. The third kappa shape index (κ3) is 4.42. The summed E-state index contributed by atoms with van der Waals surface area (Å²) in [5, 5.41) is 2.68. The molecule has 1 amide bonds. The van der Waals surface area contributed by atoms with Crippen LogP contribution in [0.15, 0.2) is 4.99 Å². The Hall–Kier alpha value is -0.910. The van der Waals surface area contributed by atoms with Gasteiger partial charge < -0.3 is 16.0 Å². The molecular formula is C9H18N4OS. The summed E-state index contributed by atoms with van der Waals surface area (Å²) in [5.74, 6) is 2.57. The van der Waals surface area contributed by atoms with Gasteiger partial charge in [0, 0.05) is 31.1 Å². The zero-order chi connectivity index (χ0) is 11.1. The van der Waals surface area contributed by atoms with Crippen molar-refractivity contribution < 1.29 is 4.79 Å². The van der Waals surface area contributed by atoms with Crippen LogP contribution in [0.4, 0.5) is 0 Å². The fourth-order valence-corrected chi connectivity index (χ4v) is 2.20. The number of amides is 1. The molecule has 0 aliphatic carbocycles. The molecule has 0 radical (unpaired) electrons. The van der Waals surface area contributed by atoms with Crippen molar-refractivity contribution in [3.05, 3.63) is 0 Å². The maximum atomic E-state index is 11.1. The molecule has 3 N–H and O–H groups in total. The molecule has 0 spiro atoms. The van der Waals surface area contributed by atoms with Gasteiger partial charge in [-0.3, -0.25) is 4.79 Å². The van der Waals surface area contributed by atoms with E-state index in [-0.39, 0.29) is 12.5 Å². The van der Waals surface area contributed by atoms with Gasteiger partial charge in [-0.2, -0.15) is 11.8 Å². The van der Waals surface area contributed by atoms with Gasteiger partial charge in [0.05, 0.1) is 0 Å². The van der Waals surface area contributed by atoms with Gasteiger partial charge in [-0.15, -0.1) is 0 Å². The minimum absolute atomic E-state index is 0.0770. The first-order valence-electron chi connectivity index (χ1n) is 5.13. The van der Waals surface area contributed by atoms with E-state index in [9.17, 15) is 4.79 Å². The van der Waals surface area contributed by atoms with Crippen LogP contribution < -0.4 is 11.1 Å². The molecule has 0 bridgehead atoms. The van der Waals surface area contributed by atoms with E-state index in [1.165, 1.54) is 0 Å². The number of guanidine groups is 1. The van der Waals surface area contributed by atoms with Crippen molar-refractivity contribution in [1.29, 1.82) is 0 Å². The lowest BCUT2D eigenvalue weighted by atomic mass is 10.5. The molecule has 1 aliphatic rings. The lowest BCUT2D eigenvalue weighted by Crippen LogP contribution is -2.43. The molecule has 0 atom stereocenters. The molecule has 0 saturated carbocycles. The fraction of sp³-hybridized carbons (Fsp3) is 0.778. The fourth-order valence-electron chi connectivity index (χ4n) is 1.30. The molecule has 5 nitrogen and oxygen atoms in total. The molecule has 1 fully saturated rings. The molecule has 0 aromatic heterocycles. The number of hydrogen-bond donors (Lipinski definition) is 2. The Morgan fingerprint density at radius 3 is 2.80 bits per heavy atom. The summed E-state index contributed by atoms with van der Waals surface area (Å²) in [6.45, 7) is 4.50. The zero-order valence-electron chi connectivity index (χ0n) is 9.03. The third-order valence-corrected chi connectivity index (χ3v) is 3.04. The third-order valence-electron chi connectivity index (χ3n) is 2.09. The highest BCUT2D eigenvalue weighted by Gasteiger charge is 2.12. The van der Waals surface area contributed by atoms with Crippen LogP contribution >= 0.6 is 11.8 Å². The van der Waals surface area contributed by atoms with Crippen LogP contribution in [0.3, 0.4) is 0 Å². The van der Waals surface area contributed by atoms with E-state index in [1.54, 1.807) is 0 Å². The topological polar surface area (TPSA) is 70.7 Å². The van der Waals surface area contributed by atoms with Crippen LogP contribution in [0.25, 0.3) is 0 Å². The number of aliphatic imine (C=N–C) groups is 1. The van der Waals surface area contributed by atoms with Gasteiger partial charge in [0.25, 0.3) is 0 Å². The largest absolute Gasteiger partial charge is 0.370 e. The summed E-state index contributed by atoms with van der Waals surface area (Å²) in [5.41, 5.74) is 5.78. The van der Waals surface area contributed by atoms with Crippen LogP contribution in [0, 0.1) is 0 Å². The maximum Gasteiger partial charge on any atom is 0.241 e. The van der Waals surface area contributed by atoms with Crippen LogP contribution in [0.1, 0.15) is 6.92 Å². The number of nitrogens with one attached hydrogen (secondary N) is 1. The number of hydrogen-bond acceptors (Lipinski definition) is 3. The number of nitrogens with zero attached hydrogens (tertiary/aromatic N) is 2. The Kier molecular flexibility index (Phi) is 5.31. The van der Waals surface area contributed by atoms with Crippen LogP contribution in [0.2, 0.25) is 0 Å². The average molecular weight is 230 g/mol. The van der Waals surface area contributed by atoms with Gasteiger partial charge in [0.1, 0.15) is 6.54 Å². The van der Waals surface area contributed by atoms with Crippen molar-refractivity contribution in [3.8, 4) is 0 Å². The minimum atomic E-state index is -0.0770. The monoisotopic (exact) mass is 230 g/mol. The number of carbonyl (C=O) groups is 1. The summed E-state index contributed by atoms with van der Waals surface area (Å²) in [6, 6.07) is 0. The molecule has 0 aromatic carbocycles. The highest BCUT2D eigenvalue weighted by molar-refractivity contribution is 7.99. The number of carbonyl (C=O) groups excluding carboxylic acids is 1. The molecule has 1 saturated heterocycles. The lowest BCUT2D eigenvalue weighted by Gasteiger charge is -2.27. The van der Waals surface area contributed by atoms with E-state index in [1.807, 2.05) is 23.6 Å². The molecule has 1 aliphatic heterocycles. The smallest absolute Gasteiger partial charge is 0.241 e. The second-order valence-corrected chi connectivity index (χ2v) is 4.45. The quantitative estimate of drug-likeness (QED) is 0.506. The van der Waals surface area contributed by atoms with Gasteiger partial charge in [0.15, 0.2) is 5.96 Å².